The van der Waals surface area contributed by atoms with E-state index in [-0.39, 0.29) is 30.2 Å². The van der Waals surface area contributed by atoms with Crippen LogP contribution in [0.3, 0.4) is 0 Å². The molecule has 0 unspecified atom stereocenters. The molecule has 0 saturated carbocycles. The Morgan fingerprint density at radius 1 is 0.367 bits per heavy atom. The minimum atomic E-state index is -0.306. The number of rotatable bonds is 11. The van der Waals surface area contributed by atoms with Gasteiger partial charge in [0.05, 0.1) is 17.0 Å². The van der Waals surface area contributed by atoms with Crippen molar-refractivity contribution in [3.05, 3.63) is 320 Å². The SMILES string of the molecule is Cc1cc2c3c(c1)N(c1ccc(B4c5ccccc5-c5ccccc54)cc1)c1c(oc4ccc(-c5ccccc5)cc14)B3c1ccc(N(c3ccc(C(C)(C)C)cc3)c3ccc(C(C)(C)C)cc3)cc1N2c1ccc(C(C)C)cc1-c1ccccc1-c1ccccc1-c1ccccc1. The Balaban J connectivity index is 0.939. The summed E-state index contributed by atoms with van der Waals surface area (Å²) in [5, 5.41) is 1.07. The monoisotopic (exact) mass is 1260 g/mol. The molecule has 0 amide bonds. The largest absolute Gasteiger partial charge is 0.468 e. The predicted molar refractivity (Wildman–Crippen MR) is 419 cm³/mol. The smallest absolute Gasteiger partial charge is 0.297 e. The van der Waals surface area contributed by atoms with E-state index in [0.29, 0.717) is 0 Å². The molecule has 0 spiro atoms. The van der Waals surface area contributed by atoms with Crippen molar-refractivity contribution in [3.63, 3.8) is 0 Å². The van der Waals surface area contributed by atoms with Crippen molar-refractivity contribution in [1.82, 2.24) is 0 Å². The summed E-state index contributed by atoms with van der Waals surface area (Å²) in [6, 6.07) is 112. The molecule has 4 nitrogen and oxygen atoms in total. The van der Waals surface area contributed by atoms with E-state index in [1.807, 2.05) is 0 Å². The number of nitrogens with zero attached hydrogens (tertiary/aromatic N) is 3. The van der Waals surface area contributed by atoms with Crippen molar-refractivity contribution in [3.8, 4) is 55.6 Å². The molecule has 0 N–H and O–H groups in total. The van der Waals surface area contributed by atoms with Crippen molar-refractivity contribution in [1.29, 1.82) is 0 Å². The zero-order valence-corrected chi connectivity index (χ0v) is 57.3. The summed E-state index contributed by atoms with van der Waals surface area (Å²) >= 11 is 0. The normalized spacial score (nSPS) is 13.0. The molecular weight excluding hydrogens is 1180 g/mol. The number of hydrogen-bond acceptors (Lipinski definition) is 4. The second-order valence-electron chi connectivity index (χ2n) is 29.5. The van der Waals surface area contributed by atoms with E-state index in [2.05, 4.69) is 374 Å². The van der Waals surface area contributed by atoms with Crippen molar-refractivity contribution < 1.29 is 4.42 Å². The van der Waals surface area contributed by atoms with E-state index in [1.165, 1.54) is 71.9 Å². The van der Waals surface area contributed by atoms with Crippen LogP contribution in [0.1, 0.15) is 83.6 Å². The third-order valence-electron chi connectivity index (χ3n) is 20.9. The standard InChI is InChI=1S/C92H77B2N3O/c1-59(2)63-36-52-83(78(56-63)75-31-19-18-30-74(75)73-29-17-16-28-72(73)62-26-14-11-15-27-62)97-84-58-71(95(68-44-38-65(39-45-68)91(4,5)6)69-46-40-66(41-47-69)92(7,8)9)50-51-82(84)94-88-85(54-60(3)55-86(88)97)96(89-79-57-64(61-24-12-10-13-25-61)37-53-87(79)98-90(89)94)70-48-42-67(43-49-70)93-80-34-22-20-32-76(80)77-33-21-23-35-81(77)93/h10-59H,1-9H3. The highest BCUT2D eigenvalue weighted by Gasteiger charge is 2.48. The Labute approximate surface area is 578 Å². The van der Waals surface area contributed by atoms with Crippen LogP contribution in [0.5, 0.6) is 0 Å². The van der Waals surface area contributed by atoms with E-state index in [4.69, 9.17) is 4.42 Å². The fraction of sp³-hybridized carbons (Fsp3) is 0.130. The first kappa shape index (κ1) is 60.6. The molecule has 0 bridgehead atoms. The highest BCUT2D eigenvalue weighted by Crippen LogP contribution is 2.52. The summed E-state index contributed by atoms with van der Waals surface area (Å²) in [6.07, 6.45) is 0. The Bertz CT molecular complexity index is 5300. The van der Waals surface area contributed by atoms with Crippen molar-refractivity contribution in [2.45, 2.75) is 79.1 Å². The lowest BCUT2D eigenvalue weighted by atomic mass is 9.35. The Hall–Kier alpha value is -11.1. The molecule has 98 heavy (non-hydrogen) atoms. The number of anilines is 9. The maximum absolute atomic E-state index is 7.66. The first-order valence-corrected chi connectivity index (χ1v) is 34.8. The van der Waals surface area contributed by atoms with Gasteiger partial charge in [-0.15, -0.1) is 0 Å². The van der Waals surface area contributed by atoms with E-state index < -0.39 is 0 Å². The van der Waals surface area contributed by atoms with Crippen LogP contribution < -0.4 is 47.7 Å². The third kappa shape index (κ3) is 10.2. The van der Waals surface area contributed by atoms with Gasteiger partial charge in [-0.1, -0.05) is 284 Å². The minimum Gasteiger partial charge on any atom is -0.468 e. The van der Waals surface area contributed by atoms with Crippen LogP contribution in [0.4, 0.5) is 51.2 Å². The summed E-state index contributed by atoms with van der Waals surface area (Å²) in [5.41, 5.74) is 34.8. The third-order valence-corrected chi connectivity index (χ3v) is 20.9. The van der Waals surface area contributed by atoms with Crippen LogP contribution in [-0.2, 0) is 10.8 Å². The predicted octanol–water partition coefficient (Wildman–Crippen LogP) is 21.2. The second kappa shape index (κ2) is 23.6. The molecule has 472 valence electrons. The van der Waals surface area contributed by atoms with Crippen molar-refractivity contribution in [2.75, 3.05) is 14.7 Å². The number of fused-ring (bicyclic) bond motifs is 9. The van der Waals surface area contributed by atoms with Gasteiger partial charge in [0.25, 0.3) is 6.71 Å². The maximum atomic E-state index is 7.66. The van der Waals surface area contributed by atoms with Gasteiger partial charge in [-0.2, -0.15) is 0 Å². The summed E-state index contributed by atoms with van der Waals surface area (Å²) in [6.45, 7) is 20.5. The van der Waals surface area contributed by atoms with Crippen LogP contribution in [0.2, 0.25) is 0 Å². The van der Waals surface area contributed by atoms with Gasteiger partial charge < -0.3 is 19.1 Å². The molecule has 0 radical (unpaired) electrons. The molecule has 0 atom stereocenters. The van der Waals surface area contributed by atoms with E-state index in [9.17, 15) is 0 Å². The van der Waals surface area contributed by atoms with E-state index in [1.54, 1.807) is 0 Å². The van der Waals surface area contributed by atoms with Crippen molar-refractivity contribution in [2.24, 2.45) is 0 Å². The summed E-state index contributed by atoms with van der Waals surface area (Å²) < 4.78 is 7.66. The molecule has 0 fully saturated rings. The lowest BCUT2D eigenvalue weighted by Crippen LogP contribution is -2.61. The molecular formula is C92H77B2N3O. The first-order valence-electron chi connectivity index (χ1n) is 34.8. The summed E-state index contributed by atoms with van der Waals surface area (Å²) in [4.78, 5) is 7.63. The average molecular weight is 1260 g/mol. The molecule has 6 heteroatoms. The number of hydrogen-bond donors (Lipinski definition) is 0. The highest BCUT2D eigenvalue weighted by molar-refractivity contribution is 7.00. The maximum Gasteiger partial charge on any atom is 0.297 e. The molecule has 3 aliphatic heterocycles. The van der Waals surface area contributed by atoms with Crippen LogP contribution in [0, 0.1) is 6.92 Å². The lowest BCUT2D eigenvalue weighted by Gasteiger charge is -2.43. The van der Waals surface area contributed by atoms with Gasteiger partial charge >= 0.3 is 0 Å². The molecule has 0 saturated heterocycles. The lowest BCUT2D eigenvalue weighted by molar-refractivity contribution is 0.590. The van der Waals surface area contributed by atoms with Gasteiger partial charge in [-0.25, -0.2) is 0 Å². The van der Waals surface area contributed by atoms with Gasteiger partial charge in [-0.05, 0) is 192 Å². The zero-order valence-electron chi connectivity index (χ0n) is 57.3. The van der Waals surface area contributed by atoms with Gasteiger partial charge in [0.2, 0.25) is 6.71 Å². The van der Waals surface area contributed by atoms with Gasteiger partial charge in [0.15, 0.2) is 0 Å². The fourth-order valence-corrected chi connectivity index (χ4v) is 15.9. The zero-order chi connectivity index (χ0) is 66.7. The van der Waals surface area contributed by atoms with Crippen LogP contribution in [-0.4, -0.2) is 13.4 Å². The minimum absolute atomic E-state index is 0.0214. The summed E-state index contributed by atoms with van der Waals surface area (Å²) in [7, 11) is 0. The quantitative estimate of drug-likeness (QED) is 0.120. The first-order chi connectivity index (χ1) is 47.6. The number of furan rings is 1. The van der Waals surface area contributed by atoms with E-state index in [0.717, 1.165) is 101 Å². The molecule has 4 heterocycles. The molecule has 3 aliphatic rings. The van der Waals surface area contributed by atoms with Crippen LogP contribution >= 0.6 is 0 Å². The molecule has 17 rings (SSSR count). The van der Waals surface area contributed by atoms with Crippen LogP contribution in [0.25, 0.3) is 66.6 Å². The molecule has 1 aromatic heterocycles. The van der Waals surface area contributed by atoms with Gasteiger partial charge in [0, 0.05) is 50.8 Å². The molecule has 13 aromatic carbocycles. The fourth-order valence-electron chi connectivity index (χ4n) is 15.9. The summed E-state index contributed by atoms with van der Waals surface area (Å²) in [5.74, 6) is 0.262. The second-order valence-corrected chi connectivity index (χ2v) is 29.5. The molecule has 14 aromatic rings. The highest BCUT2D eigenvalue weighted by atomic mass is 16.3. The average Bonchev–Trinajstić information content (AvgIpc) is 1.30. The Morgan fingerprint density at radius 2 is 0.878 bits per heavy atom. The van der Waals surface area contributed by atoms with Crippen molar-refractivity contribution >= 4 is 109 Å². The topological polar surface area (TPSA) is 22.9 Å². The Kier molecular flexibility index (Phi) is 14.6. The number of aryl methyl sites for hydroxylation is 1. The Morgan fingerprint density at radius 3 is 1.46 bits per heavy atom. The molecule has 0 aliphatic carbocycles. The van der Waals surface area contributed by atoms with Gasteiger partial charge in [0.1, 0.15) is 5.58 Å². The van der Waals surface area contributed by atoms with E-state index >= 15 is 0 Å². The van der Waals surface area contributed by atoms with Crippen LogP contribution in [0.15, 0.2) is 302 Å². The van der Waals surface area contributed by atoms with Gasteiger partial charge in [-0.3, -0.25) is 0 Å². The number of benzene rings is 13.